The summed E-state index contributed by atoms with van der Waals surface area (Å²) in [6.07, 6.45) is 1.70. The highest BCUT2D eigenvalue weighted by Gasteiger charge is 2.38. The molecule has 0 bridgehead atoms. The van der Waals surface area contributed by atoms with Crippen LogP contribution in [0.3, 0.4) is 0 Å². The van der Waals surface area contributed by atoms with Gasteiger partial charge in [-0.15, -0.1) is 0 Å². The second kappa shape index (κ2) is 7.46. The van der Waals surface area contributed by atoms with Crippen LogP contribution >= 0.6 is 39.9 Å². The average Bonchev–Trinajstić information content (AvgIpc) is 2.80. The SMILES string of the molecule is COC(=O)[C@H](C)N1C(=O)/C(=C/c2cc(Br)ccc2OC)SC1=S. The van der Waals surface area contributed by atoms with Crippen molar-refractivity contribution in [3.05, 3.63) is 33.1 Å². The molecule has 0 unspecified atom stereocenters. The van der Waals surface area contributed by atoms with Crippen molar-refractivity contribution in [3.63, 3.8) is 0 Å². The monoisotopic (exact) mass is 415 g/mol. The number of ether oxygens (including phenoxy) is 2. The minimum absolute atomic E-state index is 0.320. The van der Waals surface area contributed by atoms with Gasteiger partial charge in [0.25, 0.3) is 5.91 Å². The standard InChI is InChI=1S/C15H14BrNO4S2/c1-8(14(19)21-3)17-13(18)12(23-15(17)22)7-9-6-10(16)4-5-11(9)20-2/h4-8H,1-3H3/b12-7-/t8-/m0/s1. The number of thioether (sulfide) groups is 1. The predicted octanol–water partition coefficient (Wildman–Crippen LogP) is 3.22. The zero-order valence-electron chi connectivity index (χ0n) is 12.7. The fourth-order valence-electron chi connectivity index (χ4n) is 2.05. The van der Waals surface area contributed by atoms with Gasteiger partial charge in [-0.25, -0.2) is 4.79 Å². The van der Waals surface area contributed by atoms with E-state index in [2.05, 4.69) is 20.7 Å². The van der Waals surface area contributed by atoms with Crippen LogP contribution in [-0.2, 0) is 14.3 Å². The van der Waals surface area contributed by atoms with E-state index >= 15 is 0 Å². The van der Waals surface area contributed by atoms with Crippen molar-refractivity contribution in [3.8, 4) is 5.75 Å². The lowest BCUT2D eigenvalue weighted by Crippen LogP contribution is -2.42. The van der Waals surface area contributed by atoms with Crippen molar-refractivity contribution in [2.45, 2.75) is 13.0 Å². The highest BCUT2D eigenvalue weighted by molar-refractivity contribution is 9.10. The maximum absolute atomic E-state index is 12.6. The summed E-state index contributed by atoms with van der Waals surface area (Å²) in [6, 6.07) is 4.73. The van der Waals surface area contributed by atoms with Gasteiger partial charge in [0.05, 0.1) is 19.1 Å². The molecule has 5 nitrogen and oxygen atoms in total. The third-order valence-corrected chi connectivity index (χ3v) is 5.06. The van der Waals surface area contributed by atoms with Crippen molar-refractivity contribution in [2.75, 3.05) is 14.2 Å². The minimum atomic E-state index is -0.761. The zero-order chi connectivity index (χ0) is 17.1. The fraction of sp³-hybridized carbons (Fsp3) is 0.267. The summed E-state index contributed by atoms with van der Waals surface area (Å²) < 4.78 is 11.2. The molecule has 0 aromatic heterocycles. The number of hydrogen-bond acceptors (Lipinski definition) is 6. The number of benzene rings is 1. The van der Waals surface area contributed by atoms with Crippen molar-refractivity contribution >= 4 is 62.2 Å². The number of hydrogen-bond donors (Lipinski definition) is 0. The second-order valence-corrected chi connectivity index (χ2v) is 7.23. The topological polar surface area (TPSA) is 55.8 Å². The molecule has 2 rings (SSSR count). The summed E-state index contributed by atoms with van der Waals surface area (Å²) in [5.74, 6) is -0.193. The zero-order valence-corrected chi connectivity index (χ0v) is 15.9. The molecule has 23 heavy (non-hydrogen) atoms. The number of carbonyl (C=O) groups excluding carboxylic acids is 2. The van der Waals surface area contributed by atoms with Gasteiger partial charge in [0, 0.05) is 10.0 Å². The van der Waals surface area contributed by atoms with Crippen LogP contribution in [0.25, 0.3) is 6.08 Å². The molecule has 1 atom stereocenters. The Balaban J connectivity index is 2.36. The van der Waals surface area contributed by atoms with E-state index < -0.39 is 12.0 Å². The van der Waals surface area contributed by atoms with Gasteiger partial charge >= 0.3 is 5.97 Å². The Hall–Kier alpha value is -1.38. The highest BCUT2D eigenvalue weighted by Crippen LogP contribution is 2.36. The maximum Gasteiger partial charge on any atom is 0.328 e. The van der Waals surface area contributed by atoms with Crippen molar-refractivity contribution in [2.24, 2.45) is 0 Å². The quantitative estimate of drug-likeness (QED) is 0.427. The van der Waals surface area contributed by atoms with Crippen molar-refractivity contribution in [1.29, 1.82) is 0 Å². The van der Waals surface area contributed by atoms with Crippen LogP contribution in [0, 0.1) is 0 Å². The van der Waals surface area contributed by atoms with E-state index in [0.717, 1.165) is 21.8 Å². The molecule has 0 radical (unpaired) electrons. The van der Waals surface area contributed by atoms with Gasteiger partial charge in [-0.2, -0.15) is 0 Å². The number of amides is 1. The third kappa shape index (κ3) is 3.76. The number of methoxy groups -OCH3 is 2. The van der Waals surface area contributed by atoms with E-state index in [9.17, 15) is 9.59 Å². The Morgan fingerprint density at radius 3 is 2.74 bits per heavy atom. The summed E-state index contributed by atoms with van der Waals surface area (Å²) >= 11 is 9.76. The molecule has 1 amide bonds. The number of thiocarbonyl (C=S) groups is 1. The Labute approximate surface area is 152 Å². The molecular formula is C15H14BrNO4S2. The largest absolute Gasteiger partial charge is 0.496 e. The molecule has 0 aliphatic carbocycles. The summed E-state index contributed by atoms with van der Waals surface area (Å²) in [5, 5.41) is 0. The van der Waals surface area contributed by atoms with Gasteiger partial charge in [0.15, 0.2) is 0 Å². The van der Waals surface area contributed by atoms with Crippen molar-refractivity contribution < 1.29 is 19.1 Å². The van der Waals surface area contributed by atoms with Gasteiger partial charge in [-0.05, 0) is 31.2 Å². The Bertz CT molecular complexity index is 705. The maximum atomic E-state index is 12.6. The number of rotatable bonds is 4. The first-order chi connectivity index (χ1) is 10.9. The number of carbonyl (C=O) groups is 2. The number of esters is 1. The van der Waals surface area contributed by atoms with Crippen molar-refractivity contribution in [1.82, 2.24) is 4.90 Å². The number of halogens is 1. The molecule has 0 spiro atoms. The molecule has 122 valence electrons. The highest BCUT2D eigenvalue weighted by atomic mass is 79.9. The Morgan fingerprint density at radius 2 is 2.13 bits per heavy atom. The van der Waals surface area contributed by atoms with Gasteiger partial charge < -0.3 is 9.47 Å². The van der Waals surface area contributed by atoms with E-state index in [1.54, 1.807) is 26.2 Å². The molecule has 8 heteroatoms. The van der Waals surface area contributed by atoms with Crippen LogP contribution in [0.4, 0.5) is 0 Å². The van der Waals surface area contributed by atoms with Gasteiger partial charge in [0.1, 0.15) is 16.1 Å². The second-order valence-electron chi connectivity index (χ2n) is 4.64. The smallest absolute Gasteiger partial charge is 0.328 e. The van der Waals surface area contributed by atoms with E-state index in [1.165, 1.54) is 12.0 Å². The van der Waals surface area contributed by atoms with Gasteiger partial charge in [-0.1, -0.05) is 39.9 Å². The summed E-state index contributed by atoms with van der Waals surface area (Å²) in [4.78, 5) is 25.9. The van der Waals surface area contributed by atoms with Crippen LogP contribution in [0.2, 0.25) is 0 Å². The fourth-order valence-corrected chi connectivity index (χ4v) is 3.84. The third-order valence-electron chi connectivity index (χ3n) is 3.23. The van der Waals surface area contributed by atoms with E-state index in [-0.39, 0.29) is 5.91 Å². The van der Waals surface area contributed by atoms with Crippen LogP contribution in [-0.4, -0.2) is 41.4 Å². The first-order valence-corrected chi connectivity index (χ1v) is 8.59. The molecule has 0 saturated carbocycles. The van der Waals surface area contributed by atoms with Crippen LogP contribution < -0.4 is 4.74 Å². The van der Waals surface area contributed by atoms with Crippen LogP contribution in [0.15, 0.2) is 27.6 Å². The molecule has 1 aromatic carbocycles. The average molecular weight is 416 g/mol. The Kier molecular flexibility index (Phi) is 5.83. The Morgan fingerprint density at radius 1 is 1.43 bits per heavy atom. The molecule has 1 aliphatic heterocycles. The summed E-state index contributed by atoms with van der Waals surface area (Å²) in [7, 11) is 2.84. The van der Waals surface area contributed by atoms with Gasteiger partial charge in [-0.3, -0.25) is 9.69 Å². The lowest BCUT2D eigenvalue weighted by molar-refractivity contribution is -0.147. The molecule has 0 N–H and O–H groups in total. The van der Waals surface area contributed by atoms with Gasteiger partial charge in [0.2, 0.25) is 0 Å². The molecule has 1 heterocycles. The van der Waals surface area contributed by atoms with Crippen LogP contribution in [0.5, 0.6) is 5.75 Å². The molecular weight excluding hydrogens is 402 g/mol. The minimum Gasteiger partial charge on any atom is -0.496 e. The molecule has 1 fully saturated rings. The summed E-state index contributed by atoms with van der Waals surface area (Å²) in [5.41, 5.74) is 0.744. The predicted molar refractivity (Wildman–Crippen MR) is 97.2 cm³/mol. The number of nitrogens with zero attached hydrogens (tertiary/aromatic N) is 1. The molecule has 1 saturated heterocycles. The first-order valence-electron chi connectivity index (χ1n) is 6.57. The molecule has 1 aliphatic rings. The van der Waals surface area contributed by atoms with E-state index in [1.807, 2.05) is 12.1 Å². The molecule has 1 aromatic rings. The van der Waals surface area contributed by atoms with E-state index in [0.29, 0.717) is 15.0 Å². The lowest BCUT2D eigenvalue weighted by Gasteiger charge is -2.20. The van der Waals surface area contributed by atoms with E-state index in [4.69, 9.17) is 17.0 Å². The normalized spacial score (nSPS) is 17.6. The first kappa shape index (κ1) is 18.0. The van der Waals surface area contributed by atoms with Crippen LogP contribution in [0.1, 0.15) is 12.5 Å². The lowest BCUT2D eigenvalue weighted by atomic mass is 10.2. The summed E-state index contributed by atoms with van der Waals surface area (Å²) in [6.45, 7) is 1.58.